The summed E-state index contributed by atoms with van der Waals surface area (Å²) in [5, 5.41) is 2.99. The smallest absolute Gasteiger partial charge is 0.263 e. The molecular weight excluding hydrogens is 494 g/mol. The van der Waals surface area contributed by atoms with Crippen molar-refractivity contribution in [1.82, 2.24) is 9.62 Å². The first-order chi connectivity index (χ1) is 15.4. The SMILES string of the molecule is CN(C)S(=O)(=O)c1ccc(OCCNC(=O)[C@H]2CN(S(C)(=O)=O)c3cc(Cl)ccc3O2)cc1. The number of halogens is 1. The van der Waals surface area contributed by atoms with Crippen LogP contribution < -0.4 is 19.1 Å². The highest BCUT2D eigenvalue weighted by molar-refractivity contribution is 7.92. The van der Waals surface area contributed by atoms with Gasteiger partial charge in [-0.15, -0.1) is 0 Å². The third-order valence-electron chi connectivity index (χ3n) is 4.76. The van der Waals surface area contributed by atoms with E-state index in [4.69, 9.17) is 21.1 Å². The molecule has 0 unspecified atom stereocenters. The second-order valence-corrected chi connectivity index (χ2v) is 11.9. The van der Waals surface area contributed by atoms with E-state index in [0.717, 1.165) is 14.9 Å². The highest BCUT2D eigenvalue weighted by Gasteiger charge is 2.35. The molecule has 2 aromatic rings. The molecular formula is C20H24ClN3O7S2. The standard InChI is InChI=1S/C20H24ClN3O7S2/c1-23(2)33(28,29)16-7-5-15(6-8-16)30-11-10-22-20(25)19-13-24(32(3,26)27)17-12-14(21)4-9-18(17)31-19/h4-9,12,19H,10-11,13H2,1-3H3,(H,22,25)/t19-/m1/s1. The fraction of sp³-hybridized carbons (Fsp3) is 0.350. The molecule has 1 atom stereocenters. The summed E-state index contributed by atoms with van der Waals surface area (Å²) in [4.78, 5) is 12.7. The molecule has 0 bridgehead atoms. The number of sulfonamides is 2. The number of rotatable bonds is 8. The normalized spacial score (nSPS) is 16.2. The Balaban J connectivity index is 1.56. The predicted octanol–water partition coefficient (Wildman–Crippen LogP) is 1.31. The van der Waals surface area contributed by atoms with Gasteiger partial charge in [0, 0.05) is 19.1 Å². The lowest BCUT2D eigenvalue weighted by Gasteiger charge is -2.34. The van der Waals surface area contributed by atoms with Crippen LogP contribution in [0.5, 0.6) is 11.5 Å². The minimum absolute atomic E-state index is 0.111. The van der Waals surface area contributed by atoms with Crippen molar-refractivity contribution in [3.63, 3.8) is 0 Å². The van der Waals surface area contributed by atoms with Gasteiger partial charge in [-0.2, -0.15) is 0 Å². The number of nitrogens with zero attached hydrogens (tertiary/aromatic N) is 2. The number of hydrogen-bond acceptors (Lipinski definition) is 7. The van der Waals surface area contributed by atoms with Crippen LogP contribution in [-0.4, -0.2) is 73.2 Å². The summed E-state index contributed by atoms with van der Waals surface area (Å²) in [5.74, 6) is 0.172. The van der Waals surface area contributed by atoms with E-state index in [9.17, 15) is 21.6 Å². The van der Waals surface area contributed by atoms with Crippen molar-refractivity contribution in [3.8, 4) is 11.5 Å². The zero-order valence-electron chi connectivity index (χ0n) is 18.2. The molecule has 0 spiro atoms. The topological polar surface area (TPSA) is 122 Å². The molecule has 1 amide bonds. The lowest BCUT2D eigenvalue weighted by Crippen LogP contribution is -2.51. The van der Waals surface area contributed by atoms with Gasteiger partial charge in [0.05, 0.1) is 29.9 Å². The Morgan fingerprint density at radius 3 is 2.45 bits per heavy atom. The zero-order valence-corrected chi connectivity index (χ0v) is 20.6. The number of benzene rings is 2. The first kappa shape index (κ1) is 25.1. The van der Waals surface area contributed by atoms with Gasteiger partial charge in [0.15, 0.2) is 6.10 Å². The number of carbonyl (C=O) groups excluding carboxylic acids is 1. The first-order valence-electron chi connectivity index (χ1n) is 9.76. The molecule has 0 radical (unpaired) electrons. The van der Waals surface area contributed by atoms with Crippen LogP contribution in [0.25, 0.3) is 0 Å². The summed E-state index contributed by atoms with van der Waals surface area (Å²) in [7, 11) is -4.30. The van der Waals surface area contributed by atoms with Crippen molar-refractivity contribution in [1.29, 1.82) is 0 Å². The van der Waals surface area contributed by atoms with E-state index in [1.807, 2.05) is 0 Å². The fourth-order valence-corrected chi connectivity index (χ4v) is 5.02. The maximum atomic E-state index is 12.6. The van der Waals surface area contributed by atoms with Crippen molar-refractivity contribution in [2.45, 2.75) is 11.0 Å². The molecule has 10 nitrogen and oxygen atoms in total. The summed E-state index contributed by atoms with van der Waals surface area (Å²) < 4.78 is 62.0. The number of carbonyl (C=O) groups is 1. The summed E-state index contributed by atoms with van der Waals surface area (Å²) in [6.45, 7) is 0.0453. The van der Waals surface area contributed by atoms with Gasteiger partial charge in [-0.05, 0) is 42.5 Å². The number of fused-ring (bicyclic) bond motifs is 1. The average molecular weight is 518 g/mol. The van der Waals surface area contributed by atoms with E-state index < -0.39 is 32.1 Å². The summed E-state index contributed by atoms with van der Waals surface area (Å²) in [6, 6.07) is 10.4. The van der Waals surface area contributed by atoms with E-state index in [0.29, 0.717) is 10.8 Å². The van der Waals surface area contributed by atoms with Crippen molar-refractivity contribution in [2.75, 3.05) is 44.4 Å². The van der Waals surface area contributed by atoms with Gasteiger partial charge in [-0.3, -0.25) is 9.10 Å². The molecule has 1 N–H and O–H groups in total. The van der Waals surface area contributed by atoms with Crippen molar-refractivity contribution in [3.05, 3.63) is 47.5 Å². The van der Waals surface area contributed by atoms with E-state index in [1.54, 1.807) is 6.07 Å². The molecule has 2 aromatic carbocycles. The van der Waals surface area contributed by atoms with E-state index in [2.05, 4.69) is 5.32 Å². The highest BCUT2D eigenvalue weighted by atomic mass is 35.5. The van der Waals surface area contributed by atoms with Crippen LogP contribution in [-0.2, 0) is 24.8 Å². The predicted molar refractivity (Wildman–Crippen MR) is 124 cm³/mol. The minimum atomic E-state index is -3.66. The van der Waals surface area contributed by atoms with Crippen LogP contribution in [0.3, 0.4) is 0 Å². The molecule has 3 rings (SSSR count). The molecule has 0 aliphatic carbocycles. The van der Waals surface area contributed by atoms with E-state index in [-0.39, 0.29) is 36.0 Å². The highest BCUT2D eigenvalue weighted by Crippen LogP contribution is 2.37. The Morgan fingerprint density at radius 1 is 1.18 bits per heavy atom. The van der Waals surface area contributed by atoms with Gasteiger partial charge in [0.25, 0.3) is 5.91 Å². The van der Waals surface area contributed by atoms with Crippen LogP contribution >= 0.6 is 11.6 Å². The quantitative estimate of drug-likeness (QED) is 0.524. The Bertz CT molecular complexity index is 1230. The third-order valence-corrected chi connectivity index (χ3v) is 7.97. The molecule has 1 aliphatic heterocycles. The van der Waals surface area contributed by atoms with Crippen LogP contribution in [0, 0.1) is 0 Å². The molecule has 1 aliphatic rings. The number of nitrogens with one attached hydrogen (secondary N) is 1. The largest absolute Gasteiger partial charge is 0.492 e. The second kappa shape index (κ2) is 9.75. The zero-order chi connectivity index (χ0) is 24.4. The third kappa shape index (κ3) is 5.88. The second-order valence-electron chi connectivity index (χ2n) is 7.41. The number of anilines is 1. The van der Waals surface area contributed by atoms with E-state index in [1.165, 1.54) is 50.5 Å². The maximum absolute atomic E-state index is 12.6. The van der Waals surface area contributed by atoms with Gasteiger partial charge in [0.2, 0.25) is 20.0 Å². The van der Waals surface area contributed by atoms with Crippen molar-refractivity contribution in [2.24, 2.45) is 0 Å². The van der Waals surface area contributed by atoms with E-state index >= 15 is 0 Å². The lowest BCUT2D eigenvalue weighted by molar-refractivity contribution is -0.127. The molecule has 0 saturated carbocycles. The van der Waals surface area contributed by atoms with Gasteiger partial charge in [-0.1, -0.05) is 11.6 Å². The van der Waals surface area contributed by atoms with Crippen molar-refractivity contribution < 1.29 is 31.1 Å². The maximum Gasteiger partial charge on any atom is 0.263 e. The van der Waals surface area contributed by atoms with Crippen LogP contribution in [0.1, 0.15) is 0 Å². The lowest BCUT2D eigenvalue weighted by atomic mass is 10.2. The first-order valence-corrected chi connectivity index (χ1v) is 13.4. The number of ether oxygens (including phenoxy) is 2. The fourth-order valence-electron chi connectivity index (χ4n) is 3.05. The summed E-state index contributed by atoms with van der Waals surface area (Å²) in [6.07, 6.45) is -0.00940. The molecule has 13 heteroatoms. The Kier molecular flexibility index (Phi) is 7.42. The Morgan fingerprint density at radius 2 is 1.85 bits per heavy atom. The number of hydrogen-bond donors (Lipinski definition) is 1. The average Bonchev–Trinajstić information content (AvgIpc) is 2.75. The number of amides is 1. The summed E-state index contributed by atoms with van der Waals surface area (Å²) in [5.41, 5.74) is 0.275. The molecule has 1 heterocycles. The van der Waals surface area contributed by atoms with Crippen LogP contribution in [0.4, 0.5) is 5.69 Å². The van der Waals surface area contributed by atoms with Gasteiger partial charge >= 0.3 is 0 Å². The monoisotopic (exact) mass is 517 g/mol. The molecule has 0 fully saturated rings. The summed E-state index contributed by atoms with van der Waals surface area (Å²) >= 11 is 5.97. The molecule has 33 heavy (non-hydrogen) atoms. The molecule has 0 saturated heterocycles. The van der Waals surface area contributed by atoms with Crippen LogP contribution in [0.15, 0.2) is 47.4 Å². The Hall–Kier alpha value is -2.54. The molecule has 0 aromatic heterocycles. The van der Waals surface area contributed by atoms with Crippen LogP contribution in [0.2, 0.25) is 5.02 Å². The van der Waals surface area contributed by atoms with Crippen molar-refractivity contribution >= 4 is 43.2 Å². The Labute approximate surface area is 198 Å². The van der Waals surface area contributed by atoms with Gasteiger partial charge in [0.1, 0.15) is 18.1 Å². The van der Waals surface area contributed by atoms with Gasteiger partial charge in [-0.25, -0.2) is 21.1 Å². The minimum Gasteiger partial charge on any atom is -0.492 e. The van der Waals surface area contributed by atoms with Gasteiger partial charge < -0.3 is 14.8 Å². The molecule has 180 valence electrons.